The summed E-state index contributed by atoms with van der Waals surface area (Å²) in [6.45, 7) is 1.90. The summed E-state index contributed by atoms with van der Waals surface area (Å²) in [5.41, 5.74) is 2.82. The summed E-state index contributed by atoms with van der Waals surface area (Å²) in [5.74, 6) is 0.930. The van der Waals surface area contributed by atoms with Crippen molar-refractivity contribution in [3.8, 4) is 0 Å². The third-order valence-corrected chi connectivity index (χ3v) is 5.14. The van der Waals surface area contributed by atoms with Crippen molar-refractivity contribution in [1.29, 1.82) is 0 Å². The van der Waals surface area contributed by atoms with Crippen LogP contribution >= 0.6 is 11.6 Å². The number of para-hydroxylation sites is 2. The summed E-state index contributed by atoms with van der Waals surface area (Å²) in [4.78, 5) is 4.89. The number of anilines is 1. The van der Waals surface area contributed by atoms with Crippen LogP contribution in [0.3, 0.4) is 0 Å². The molecule has 0 amide bonds. The first-order valence-electron chi connectivity index (χ1n) is 8.53. The maximum atomic E-state index is 9.77. The SMILES string of the molecule is ON1CCC2(CC1)Nc1ccccc1N=C2NCc1cccc(Cl)c1. The molecule has 4 rings (SSSR count). The molecule has 0 aromatic heterocycles. The maximum absolute atomic E-state index is 9.77. The molecule has 2 aliphatic rings. The Kier molecular flexibility index (Phi) is 4.37. The van der Waals surface area contributed by atoms with Gasteiger partial charge in [0.1, 0.15) is 5.84 Å². The normalized spacial score (nSPS) is 19.0. The van der Waals surface area contributed by atoms with Gasteiger partial charge in [-0.3, -0.25) is 0 Å². The van der Waals surface area contributed by atoms with Gasteiger partial charge in [-0.25, -0.2) is 4.99 Å². The van der Waals surface area contributed by atoms with Crippen molar-refractivity contribution in [1.82, 2.24) is 10.4 Å². The summed E-state index contributed by atoms with van der Waals surface area (Å²) in [5, 5.41) is 19.1. The van der Waals surface area contributed by atoms with Gasteiger partial charge in [-0.15, -0.1) is 0 Å². The Morgan fingerprint density at radius 2 is 1.96 bits per heavy atom. The molecule has 0 atom stereocenters. The van der Waals surface area contributed by atoms with Gasteiger partial charge in [-0.1, -0.05) is 35.9 Å². The van der Waals surface area contributed by atoms with Crippen molar-refractivity contribution in [2.24, 2.45) is 4.99 Å². The highest BCUT2D eigenvalue weighted by Crippen LogP contribution is 2.37. The number of piperidine rings is 1. The van der Waals surface area contributed by atoms with Gasteiger partial charge in [-0.05, 0) is 42.7 Å². The Balaban J connectivity index is 1.62. The lowest BCUT2D eigenvalue weighted by atomic mass is 9.84. The van der Waals surface area contributed by atoms with Crippen molar-refractivity contribution in [3.05, 3.63) is 59.1 Å². The van der Waals surface area contributed by atoms with Crippen LogP contribution in [0.5, 0.6) is 0 Å². The number of nitrogens with zero attached hydrogens (tertiary/aromatic N) is 2. The first kappa shape index (κ1) is 16.4. The molecule has 0 aliphatic carbocycles. The second-order valence-corrected chi connectivity index (χ2v) is 7.06. The zero-order chi connectivity index (χ0) is 17.3. The van der Waals surface area contributed by atoms with E-state index < -0.39 is 0 Å². The highest BCUT2D eigenvalue weighted by atomic mass is 35.5. The molecule has 1 fully saturated rings. The van der Waals surface area contributed by atoms with E-state index in [1.54, 1.807) is 0 Å². The number of halogens is 1. The van der Waals surface area contributed by atoms with Gasteiger partial charge in [0.15, 0.2) is 0 Å². The quantitative estimate of drug-likeness (QED) is 0.765. The molecule has 0 bridgehead atoms. The number of hydrogen-bond acceptors (Lipinski definition) is 5. The molecule has 2 aliphatic heterocycles. The summed E-state index contributed by atoms with van der Waals surface area (Å²) in [6, 6.07) is 15.9. The number of amidine groups is 1. The molecule has 6 heteroatoms. The van der Waals surface area contributed by atoms with E-state index >= 15 is 0 Å². The third kappa shape index (κ3) is 3.35. The minimum Gasteiger partial charge on any atom is -0.371 e. The summed E-state index contributed by atoms with van der Waals surface area (Å²) in [6.07, 6.45) is 1.58. The minimum absolute atomic E-state index is 0.272. The molecule has 2 aromatic carbocycles. The molecule has 25 heavy (non-hydrogen) atoms. The van der Waals surface area contributed by atoms with Crippen LogP contribution in [0, 0.1) is 0 Å². The van der Waals surface area contributed by atoms with Gasteiger partial charge >= 0.3 is 0 Å². The van der Waals surface area contributed by atoms with Crippen LogP contribution in [0.15, 0.2) is 53.5 Å². The molecule has 0 saturated carbocycles. The van der Waals surface area contributed by atoms with E-state index in [1.807, 2.05) is 42.5 Å². The zero-order valence-electron chi connectivity index (χ0n) is 13.9. The van der Waals surface area contributed by atoms with Crippen LogP contribution in [0.2, 0.25) is 5.02 Å². The molecule has 2 aromatic rings. The lowest BCUT2D eigenvalue weighted by Crippen LogP contribution is -2.58. The Hall–Kier alpha value is -2.08. The van der Waals surface area contributed by atoms with Gasteiger partial charge in [-0.2, -0.15) is 5.06 Å². The summed E-state index contributed by atoms with van der Waals surface area (Å²) < 4.78 is 0. The van der Waals surface area contributed by atoms with E-state index in [9.17, 15) is 5.21 Å². The number of hydrogen-bond donors (Lipinski definition) is 3. The van der Waals surface area contributed by atoms with E-state index in [2.05, 4.69) is 16.7 Å². The fourth-order valence-electron chi connectivity index (χ4n) is 3.50. The standard InChI is InChI=1S/C19H21ClN4O/c20-15-5-3-4-14(12-15)13-21-18-19(8-10-24(25)11-9-19)23-17-7-2-1-6-16(17)22-18/h1-7,12,23,25H,8-11,13H2,(H,21,22). The van der Waals surface area contributed by atoms with Crippen molar-refractivity contribution >= 4 is 28.8 Å². The zero-order valence-corrected chi connectivity index (χ0v) is 14.6. The summed E-state index contributed by atoms with van der Waals surface area (Å²) >= 11 is 6.09. The Morgan fingerprint density at radius 3 is 2.76 bits per heavy atom. The molecule has 0 unspecified atom stereocenters. The van der Waals surface area contributed by atoms with Crippen LogP contribution < -0.4 is 10.6 Å². The highest BCUT2D eigenvalue weighted by Gasteiger charge is 2.41. The molecule has 3 N–H and O–H groups in total. The predicted molar refractivity (Wildman–Crippen MR) is 101 cm³/mol. The van der Waals surface area contributed by atoms with Crippen molar-refractivity contribution in [2.45, 2.75) is 24.9 Å². The molecular weight excluding hydrogens is 336 g/mol. The largest absolute Gasteiger partial charge is 0.371 e. The van der Waals surface area contributed by atoms with Crippen LogP contribution in [0.25, 0.3) is 0 Å². The fraction of sp³-hybridized carbons (Fsp3) is 0.316. The van der Waals surface area contributed by atoms with Crippen LogP contribution in [-0.4, -0.2) is 34.7 Å². The van der Waals surface area contributed by atoms with E-state index in [0.717, 1.165) is 40.6 Å². The average Bonchev–Trinajstić information content (AvgIpc) is 2.62. The third-order valence-electron chi connectivity index (χ3n) is 4.91. The molecule has 1 saturated heterocycles. The van der Waals surface area contributed by atoms with Crippen molar-refractivity contribution < 1.29 is 5.21 Å². The maximum Gasteiger partial charge on any atom is 0.128 e. The lowest BCUT2D eigenvalue weighted by molar-refractivity contribution is -0.108. The highest BCUT2D eigenvalue weighted by molar-refractivity contribution is 6.30. The van der Waals surface area contributed by atoms with Gasteiger partial charge in [0.25, 0.3) is 0 Å². The molecule has 1 spiro atoms. The number of fused-ring (bicyclic) bond motifs is 1. The van der Waals surface area contributed by atoms with Gasteiger partial charge in [0.2, 0.25) is 0 Å². The second kappa shape index (κ2) is 6.67. The minimum atomic E-state index is -0.272. The van der Waals surface area contributed by atoms with Gasteiger partial charge in [0, 0.05) is 24.7 Å². The average molecular weight is 357 g/mol. The van der Waals surface area contributed by atoms with Gasteiger partial charge < -0.3 is 15.8 Å². The molecule has 0 radical (unpaired) electrons. The number of hydroxylamine groups is 2. The van der Waals surface area contributed by atoms with Crippen LogP contribution in [0.4, 0.5) is 11.4 Å². The van der Waals surface area contributed by atoms with Crippen molar-refractivity contribution in [2.75, 3.05) is 18.4 Å². The predicted octanol–water partition coefficient (Wildman–Crippen LogP) is 3.81. The Bertz CT molecular complexity index is 800. The fourth-order valence-corrected chi connectivity index (χ4v) is 3.71. The van der Waals surface area contributed by atoms with E-state index in [4.69, 9.17) is 16.6 Å². The monoisotopic (exact) mass is 356 g/mol. The second-order valence-electron chi connectivity index (χ2n) is 6.62. The van der Waals surface area contributed by atoms with E-state index in [-0.39, 0.29) is 5.54 Å². The van der Waals surface area contributed by atoms with E-state index in [0.29, 0.717) is 19.6 Å². The Morgan fingerprint density at radius 1 is 1.16 bits per heavy atom. The van der Waals surface area contributed by atoms with Crippen molar-refractivity contribution in [3.63, 3.8) is 0 Å². The molecule has 2 heterocycles. The topological polar surface area (TPSA) is 59.9 Å². The van der Waals surface area contributed by atoms with Gasteiger partial charge in [0.05, 0.1) is 16.9 Å². The first-order chi connectivity index (χ1) is 12.1. The number of nitrogens with one attached hydrogen (secondary N) is 2. The number of rotatable bonds is 2. The first-order valence-corrected chi connectivity index (χ1v) is 8.91. The molecule has 130 valence electrons. The van der Waals surface area contributed by atoms with E-state index in [1.165, 1.54) is 5.06 Å². The lowest BCUT2D eigenvalue weighted by Gasteiger charge is -2.44. The van der Waals surface area contributed by atoms with Crippen LogP contribution in [0.1, 0.15) is 18.4 Å². The summed E-state index contributed by atoms with van der Waals surface area (Å²) in [7, 11) is 0. The van der Waals surface area contributed by atoms with Crippen LogP contribution in [-0.2, 0) is 6.54 Å². The number of aliphatic imine (C=N–C) groups is 1. The molecular formula is C19H21ClN4O. The molecule has 5 nitrogen and oxygen atoms in total. The Labute approximate surface area is 152 Å². The number of benzene rings is 2. The smallest absolute Gasteiger partial charge is 0.128 e.